The van der Waals surface area contributed by atoms with Crippen LogP contribution in [0.4, 0.5) is 4.39 Å². The van der Waals surface area contributed by atoms with Crippen molar-refractivity contribution in [1.29, 1.82) is 0 Å². The zero-order valence-electron chi connectivity index (χ0n) is 9.78. The molecule has 0 heterocycles. The zero-order valence-corrected chi connectivity index (χ0v) is 10.6. The first kappa shape index (κ1) is 14.0. The number of thioether (sulfide) groups is 1. The third-order valence-corrected chi connectivity index (χ3v) is 3.42. The molecule has 1 unspecified atom stereocenters. The van der Waals surface area contributed by atoms with Gasteiger partial charge in [-0.3, -0.25) is 4.79 Å². The molecule has 1 aromatic rings. The van der Waals surface area contributed by atoms with E-state index in [0.29, 0.717) is 18.8 Å². The highest BCUT2D eigenvalue weighted by Crippen LogP contribution is 2.08. The Balaban J connectivity index is 2.26. The smallest absolute Gasteiger partial charge is 0.230 e. The molecule has 0 saturated carbocycles. The third kappa shape index (κ3) is 5.70. The van der Waals surface area contributed by atoms with Crippen molar-refractivity contribution in [2.75, 3.05) is 12.3 Å². The van der Waals surface area contributed by atoms with Gasteiger partial charge in [-0.2, -0.15) is 0 Å². The highest BCUT2D eigenvalue weighted by Gasteiger charge is 2.05. The lowest BCUT2D eigenvalue weighted by Gasteiger charge is -2.08. The topological polar surface area (TPSA) is 55.1 Å². The number of carbonyl (C=O) groups excluding carboxylic acids is 1. The van der Waals surface area contributed by atoms with Crippen LogP contribution >= 0.6 is 11.8 Å². The van der Waals surface area contributed by atoms with Gasteiger partial charge in [0.1, 0.15) is 5.82 Å². The molecule has 3 N–H and O–H groups in total. The predicted molar refractivity (Wildman–Crippen MR) is 69.2 cm³/mol. The Morgan fingerprint density at radius 1 is 1.47 bits per heavy atom. The normalized spacial score (nSPS) is 12.2. The van der Waals surface area contributed by atoms with Crippen LogP contribution in [0, 0.1) is 5.82 Å². The molecule has 1 amide bonds. The van der Waals surface area contributed by atoms with Crippen molar-refractivity contribution in [3.63, 3.8) is 0 Å². The molecule has 1 aromatic carbocycles. The molecule has 0 aliphatic rings. The molecule has 0 saturated heterocycles. The van der Waals surface area contributed by atoms with Gasteiger partial charge in [0.2, 0.25) is 5.91 Å². The molecule has 17 heavy (non-hydrogen) atoms. The molecule has 0 radical (unpaired) electrons. The fourth-order valence-electron chi connectivity index (χ4n) is 1.14. The molecule has 94 valence electrons. The summed E-state index contributed by atoms with van der Waals surface area (Å²) in [4.78, 5) is 11.5. The molecule has 1 atom stereocenters. The average Bonchev–Trinajstić information content (AvgIpc) is 2.35. The van der Waals surface area contributed by atoms with Crippen LogP contribution in [0.25, 0.3) is 0 Å². The van der Waals surface area contributed by atoms with Crippen LogP contribution in [-0.4, -0.2) is 23.5 Å². The number of hydrogen-bond donors (Lipinski definition) is 2. The summed E-state index contributed by atoms with van der Waals surface area (Å²) < 4.78 is 12.6. The van der Waals surface area contributed by atoms with Crippen LogP contribution in [0.2, 0.25) is 0 Å². The largest absolute Gasteiger partial charge is 0.351 e. The molecule has 0 aliphatic heterocycles. The molecule has 0 aromatic heterocycles. The Labute approximate surface area is 105 Å². The summed E-state index contributed by atoms with van der Waals surface area (Å²) in [5.41, 5.74) is 6.34. The molecule has 0 fully saturated rings. The Bertz CT molecular complexity index is 356. The Hall–Kier alpha value is -1.07. The third-order valence-electron chi connectivity index (χ3n) is 2.23. The lowest BCUT2D eigenvalue weighted by Crippen LogP contribution is -2.26. The van der Waals surface area contributed by atoms with Gasteiger partial charge in [0.05, 0.1) is 5.75 Å². The van der Waals surface area contributed by atoms with Gasteiger partial charge in [0.15, 0.2) is 0 Å². The lowest BCUT2D eigenvalue weighted by atomic mass is 10.2. The van der Waals surface area contributed by atoms with Crippen LogP contribution in [0.15, 0.2) is 24.3 Å². The maximum atomic E-state index is 12.6. The molecule has 0 aliphatic carbocycles. The molecular weight excluding hydrogens is 239 g/mol. The van der Waals surface area contributed by atoms with E-state index in [1.165, 1.54) is 23.9 Å². The number of carbonyl (C=O) groups is 1. The van der Waals surface area contributed by atoms with Crippen LogP contribution < -0.4 is 11.1 Å². The van der Waals surface area contributed by atoms with Gasteiger partial charge in [0.25, 0.3) is 0 Å². The summed E-state index contributed by atoms with van der Waals surface area (Å²) in [6, 6.07) is 6.08. The van der Waals surface area contributed by atoms with E-state index in [2.05, 4.69) is 5.32 Å². The second kappa shape index (κ2) is 7.29. The second-order valence-electron chi connectivity index (χ2n) is 3.76. The summed E-state index contributed by atoms with van der Waals surface area (Å²) in [5.74, 6) is 0.103. The van der Waals surface area contributed by atoms with Crippen LogP contribution in [-0.2, 0) is 11.3 Å². The number of nitrogens with two attached hydrogens (primary N) is 1. The standard InChI is InChI=1S/C12H17FN2OS/c1-9(6-14)17-8-12(16)15-7-10-2-4-11(13)5-3-10/h2-5,9H,6-8,14H2,1H3,(H,15,16). The fraction of sp³-hybridized carbons (Fsp3) is 0.417. The molecule has 3 nitrogen and oxygen atoms in total. The minimum absolute atomic E-state index is 0.0281. The monoisotopic (exact) mass is 256 g/mol. The quantitative estimate of drug-likeness (QED) is 0.811. The predicted octanol–water partition coefficient (Wildman–Crippen LogP) is 1.52. The molecule has 0 spiro atoms. The number of halogens is 1. The number of nitrogens with one attached hydrogen (secondary N) is 1. The van der Waals surface area contributed by atoms with Crippen molar-refractivity contribution in [2.24, 2.45) is 5.73 Å². The minimum atomic E-state index is -0.271. The van der Waals surface area contributed by atoms with E-state index in [1.54, 1.807) is 12.1 Å². The maximum Gasteiger partial charge on any atom is 0.230 e. The molecule has 5 heteroatoms. The van der Waals surface area contributed by atoms with Gasteiger partial charge < -0.3 is 11.1 Å². The van der Waals surface area contributed by atoms with Crippen molar-refractivity contribution in [3.05, 3.63) is 35.6 Å². The number of hydrogen-bond acceptors (Lipinski definition) is 3. The van der Waals surface area contributed by atoms with E-state index in [9.17, 15) is 9.18 Å². The van der Waals surface area contributed by atoms with Crippen molar-refractivity contribution in [2.45, 2.75) is 18.7 Å². The maximum absolute atomic E-state index is 12.6. The highest BCUT2D eigenvalue weighted by molar-refractivity contribution is 8.00. The zero-order chi connectivity index (χ0) is 12.7. The summed E-state index contributed by atoms with van der Waals surface area (Å²) >= 11 is 1.53. The van der Waals surface area contributed by atoms with E-state index < -0.39 is 0 Å². The van der Waals surface area contributed by atoms with Gasteiger partial charge in [-0.25, -0.2) is 4.39 Å². The van der Waals surface area contributed by atoms with Crippen molar-refractivity contribution in [1.82, 2.24) is 5.32 Å². The summed E-state index contributed by atoms with van der Waals surface area (Å²) in [5, 5.41) is 3.06. The number of amides is 1. The van der Waals surface area contributed by atoms with Crippen LogP contribution in [0.3, 0.4) is 0 Å². The second-order valence-corrected chi connectivity index (χ2v) is 5.19. The summed E-state index contributed by atoms with van der Waals surface area (Å²) in [6.45, 7) is 2.98. The van der Waals surface area contributed by atoms with E-state index in [1.807, 2.05) is 6.92 Å². The van der Waals surface area contributed by atoms with Gasteiger partial charge in [-0.05, 0) is 17.7 Å². The highest BCUT2D eigenvalue weighted by atomic mass is 32.2. The molecular formula is C12H17FN2OS. The van der Waals surface area contributed by atoms with Crippen LogP contribution in [0.1, 0.15) is 12.5 Å². The van der Waals surface area contributed by atoms with Gasteiger partial charge >= 0.3 is 0 Å². The first-order valence-electron chi connectivity index (χ1n) is 5.44. The van der Waals surface area contributed by atoms with Gasteiger partial charge in [-0.1, -0.05) is 19.1 Å². The van der Waals surface area contributed by atoms with Gasteiger partial charge in [-0.15, -0.1) is 11.8 Å². The first-order chi connectivity index (χ1) is 8.11. The number of benzene rings is 1. The van der Waals surface area contributed by atoms with Gasteiger partial charge in [0, 0.05) is 18.3 Å². The summed E-state index contributed by atoms with van der Waals surface area (Å²) in [7, 11) is 0. The number of rotatable bonds is 6. The Morgan fingerprint density at radius 2 is 2.12 bits per heavy atom. The Morgan fingerprint density at radius 3 is 2.71 bits per heavy atom. The van der Waals surface area contributed by atoms with Crippen LogP contribution in [0.5, 0.6) is 0 Å². The summed E-state index contributed by atoms with van der Waals surface area (Å²) in [6.07, 6.45) is 0. The van der Waals surface area contributed by atoms with E-state index >= 15 is 0 Å². The first-order valence-corrected chi connectivity index (χ1v) is 6.49. The Kier molecular flexibility index (Phi) is 6.00. The SMILES string of the molecule is CC(CN)SCC(=O)NCc1ccc(F)cc1. The van der Waals surface area contributed by atoms with Crippen molar-refractivity contribution in [3.8, 4) is 0 Å². The van der Waals surface area contributed by atoms with E-state index in [4.69, 9.17) is 5.73 Å². The van der Waals surface area contributed by atoms with Crippen molar-refractivity contribution >= 4 is 17.7 Å². The van der Waals surface area contributed by atoms with Crippen molar-refractivity contribution < 1.29 is 9.18 Å². The van der Waals surface area contributed by atoms with E-state index in [0.717, 1.165) is 5.56 Å². The van der Waals surface area contributed by atoms with E-state index in [-0.39, 0.29) is 17.0 Å². The minimum Gasteiger partial charge on any atom is -0.351 e. The lowest BCUT2D eigenvalue weighted by molar-refractivity contribution is -0.118. The fourth-order valence-corrected chi connectivity index (χ4v) is 1.81. The average molecular weight is 256 g/mol. The molecule has 0 bridgehead atoms. The molecule has 1 rings (SSSR count).